The Kier molecular flexibility index (Phi) is 5.50. The molecule has 0 radical (unpaired) electrons. The zero-order valence-corrected chi connectivity index (χ0v) is 19.2. The van der Waals surface area contributed by atoms with Crippen molar-refractivity contribution in [1.82, 2.24) is 4.98 Å². The third-order valence-electron chi connectivity index (χ3n) is 5.68. The quantitative estimate of drug-likeness (QED) is 0.634. The summed E-state index contributed by atoms with van der Waals surface area (Å²) in [7, 11) is -3.41. The number of aromatic nitrogens is 1. The van der Waals surface area contributed by atoms with Gasteiger partial charge in [-0.15, -0.1) is 15.7 Å². The molecule has 1 saturated carbocycles. The molecule has 0 unspecified atom stereocenters. The van der Waals surface area contributed by atoms with E-state index in [-0.39, 0.29) is 4.21 Å². The molecule has 4 N–H and O–H groups in total. The number of nitrogens with zero attached hydrogens (tertiary/aromatic N) is 2. The van der Waals surface area contributed by atoms with Gasteiger partial charge in [-0.05, 0) is 80.9 Å². The van der Waals surface area contributed by atoms with Gasteiger partial charge in [0, 0.05) is 17.0 Å². The lowest BCUT2D eigenvalue weighted by Gasteiger charge is -2.18. The number of nitrogens with two attached hydrogens (primary N) is 1. The van der Waals surface area contributed by atoms with Gasteiger partial charge >= 0.3 is 6.03 Å². The van der Waals surface area contributed by atoms with Crippen molar-refractivity contribution < 1.29 is 14.1 Å². The standard InChI is InChI=1S/C21H28N4O3S2/c1-4-15-18(12-8-9-12)19(14-6-5-7-16(14)23-15)24-20(26)25-30(22,28)17-10-13(11-29-17)21(2,3)27/h10-12,27H,4-9H2,1-3H3,(H3,22,23,24,25,26,28)/t30-/m0/s1. The van der Waals surface area contributed by atoms with Gasteiger partial charge in [-0.3, -0.25) is 4.98 Å². The molecule has 4 rings (SSSR count). The Labute approximate surface area is 181 Å². The first-order chi connectivity index (χ1) is 14.1. The molecule has 2 aromatic heterocycles. The first-order valence-corrected chi connectivity index (χ1v) is 12.8. The van der Waals surface area contributed by atoms with E-state index in [2.05, 4.69) is 16.6 Å². The van der Waals surface area contributed by atoms with Gasteiger partial charge in [0.2, 0.25) is 0 Å². The second-order valence-electron chi connectivity index (χ2n) is 8.56. The van der Waals surface area contributed by atoms with Crippen LogP contribution in [0.5, 0.6) is 0 Å². The average molecular weight is 449 g/mol. The molecule has 7 nitrogen and oxygen atoms in total. The van der Waals surface area contributed by atoms with E-state index in [1.165, 1.54) is 0 Å². The van der Waals surface area contributed by atoms with E-state index < -0.39 is 21.5 Å². The van der Waals surface area contributed by atoms with Crippen molar-refractivity contribution in [3.8, 4) is 0 Å². The molecule has 30 heavy (non-hydrogen) atoms. The average Bonchev–Trinajstić information content (AvgIpc) is 3.16. The number of anilines is 1. The molecule has 9 heteroatoms. The summed E-state index contributed by atoms with van der Waals surface area (Å²) in [5.74, 6) is 0.419. The normalized spacial score (nSPS) is 18.0. The van der Waals surface area contributed by atoms with Gasteiger partial charge < -0.3 is 10.4 Å². The number of aliphatic hydroxyl groups is 1. The number of amides is 2. The number of thiophene rings is 1. The first kappa shape index (κ1) is 21.4. The predicted octanol–water partition coefficient (Wildman–Crippen LogP) is 4.23. The first-order valence-electron chi connectivity index (χ1n) is 10.3. The molecule has 0 spiro atoms. The van der Waals surface area contributed by atoms with Crippen LogP contribution >= 0.6 is 11.3 Å². The number of pyridine rings is 1. The summed E-state index contributed by atoms with van der Waals surface area (Å²) in [6, 6.07) is 0.851. The molecule has 2 aliphatic carbocycles. The number of urea groups is 1. The Bertz CT molecular complexity index is 1120. The summed E-state index contributed by atoms with van der Waals surface area (Å²) in [5, 5.41) is 20.7. The maximum atomic E-state index is 13.0. The van der Waals surface area contributed by atoms with Gasteiger partial charge in [0.1, 0.15) is 4.21 Å². The van der Waals surface area contributed by atoms with Gasteiger partial charge in [-0.25, -0.2) is 14.1 Å². The summed E-state index contributed by atoms with van der Waals surface area (Å²) in [6.07, 6.45) is 5.80. The molecule has 2 heterocycles. The number of carbonyl (C=O) groups is 1. The minimum Gasteiger partial charge on any atom is -0.386 e. The van der Waals surface area contributed by atoms with E-state index in [4.69, 9.17) is 10.1 Å². The van der Waals surface area contributed by atoms with Crippen LogP contribution in [-0.4, -0.2) is 20.3 Å². The van der Waals surface area contributed by atoms with E-state index in [9.17, 15) is 14.1 Å². The molecule has 0 aliphatic heterocycles. The number of hydrogen-bond donors (Lipinski definition) is 3. The third kappa shape index (κ3) is 4.16. The van der Waals surface area contributed by atoms with Gasteiger partial charge in [-0.1, -0.05) is 6.92 Å². The fraction of sp³-hybridized carbons (Fsp3) is 0.524. The number of hydrogen-bond acceptors (Lipinski definition) is 5. The summed E-state index contributed by atoms with van der Waals surface area (Å²) < 4.78 is 17.1. The Morgan fingerprint density at radius 3 is 2.77 bits per heavy atom. The topological polar surface area (TPSA) is 118 Å². The highest BCUT2D eigenvalue weighted by Gasteiger charge is 2.33. The van der Waals surface area contributed by atoms with Crippen molar-refractivity contribution in [1.29, 1.82) is 0 Å². The minimum atomic E-state index is -3.41. The molecule has 162 valence electrons. The lowest BCUT2D eigenvalue weighted by atomic mass is 9.99. The molecule has 1 fully saturated rings. The zero-order valence-electron chi connectivity index (χ0n) is 17.5. The van der Waals surface area contributed by atoms with Crippen molar-refractivity contribution >= 4 is 33.0 Å². The molecule has 0 saturated heterocycles. The molecule has 1 atom stereocenters. The SMILES string of the molecule is CCc1nc2c(c(NC(=O)N=[S@](N)(=O)c3cc(C(C)(C)O)cs3)c1C1CC1)CCC2. The monoisotopic (exact) mass is 448 g/mol. The number of rotatable bonds is 5. The summed E-state index contributed by atoms with van der Waals surface area (Å²) in [6.45, 7) is 5.35. The van der Waals surface area contributed by atoms with Gasteiger partial charge in [-0.2, -0.15) is 0 Å². The summed E-state index contributed by atoms with van der Waals surface area (Å²) in [4.78, 5) is 17.7. The number of nitrogens with one attached hydrogen (secondary N) is 1. The Balaban J connectivity index is 1.68. The molecule has 2 amide bonds. The van der Waals surface area contributed by atoms with Crippen molar-refractivity contribution in [2.75, 3.05) is 5.32 Å². The van der Waals surface area contributed by atoms with E-state index in [1.54, 1.807) is 25.3 Å². The van der Waals surface area contributed by atoms with Crippen molar-refractivity contribution in [2.24, 2.45) is 9.50 Å². The third-order valence-corrected chi connectivity index (χ3v) is 8.54. The lowest BCUT2D eigenvalue weighted by Crippen LogP contribution is -2.19. The smallest absolute Gasteiger partial charge is 0.354 e. The Morgan fingerprint density at radius 1 is 1.43 bits per heavy atom. The molecular weight excluding hydrogens is 420 g/mol. The maximum Gasteiger partial charge on any atom is 0.354 e. The van der Waals surface area contributed by atoms with Crippen LogP contribution in [0.2, 0.25) is 0 Å². The highest BCUT2D eigenvalue weighted by atomic mass is 32.2. The minimum absolute atomic E-state index is 0.270. The van der Waals surface area contributed by atoms with Crippen LogP contribution < -0.4 is 10.5 Å². The van der Waals surface area contributed by atoms with Crippen molar-refractivity contribution in [3.05, 3.63) is 39.5 Å². The van der Waals surface area contributed by atoms with E-state index in [0.717, 1.165) is 78.1 Å². The second-order valence-corrected chi connectivity index (χ2v) is 11.5. The lowest BCUT2D eigenvalue weighted by molar-refractivity contribution is 0.0789. The van der Waals surface area contributed by atoms with Crippen LogP contribution in [0.1, 0.15) is 74.0 Å². The molecule has 0 bridgehead atoms. The van der Waals surface area contributed by atoms with E-state index in [0.29, 0.717) is 11.5 Å². The van der Waals surface area contributed by atoms with Crippen LogP contribution in [0.15, 0.2) is 20.0 Å². The largest absolute Gasteiger partial charge is 0.386 e. The zero-order chi connectivity index (χ0) is 21.7. The van der Waals surface area contributed by atoms with Crippen LogP contribution in [-0.2, 0) is 34.8 Å². The van der Waals surface area contributed by atoms with Gasteiger partial charge in [0.25, 0.3) is 0 Å². The van der Waals surface area contributed by atoms with Gasteiger partial charge in [0.05, 0.1) is 11.3 Å². The number of carbonyl (C=O) groups excluding carboxylic acids is 1. The van der Waals surface area contributed by atoms with Crippen molar-refractivity contribution in [3.63, 3.8) is 0 Å². The molecule has 2 aromatic rings. The van der Waals surface area contributed by atoms with Crippen LogP contribution in [0.25, 0.3) is 0 Å². The Hall–Kier alpha value is -1.81. The summed E-state index contributed by atoms with van der Waals surface area (Å²) in [5.41, 5.74) is 4.60. The number of aryl methyl sites for hydroxylation is 2. The van der Waals surface area contributed by atoms with E-state index >= 15 is 0 Å². The number of fused-ring (bicyclic) bond motifs is 1. The molecule has 0 aromatic carbocycles. The van der Waals surface area contributed by atoms with Crippen LogP contribution in [0.4, 0.5) is 10.5 Å². The maximum absolute atomic E-state index is 13.0. The summed E-state index contributed by atoms with van der Waals surface area (Å²) >= 11 is 1.13. The van der Waals surface area contributed by atoms with E-state index in [1.807, 2.05) is 0 Å². The van der Waals surface area contributed by atoms with Gasteiger partial charge in [0.15, 0.2) is 9.92 Å². The highest BCUT2D eigenvalue weighted by Crippen LogP contribution is 2.47. The predicted molar refractivity (Wildman–Crippen MR) is 119 cm³/mol. The fourth-order valence-corrected chi connectivity index (χ4v) is 6.24. The second kappa shape index (κ2) is 7.71. The highest BCUT2D eigenvalue weighted by molar-refractivity contribution is 7.93. The van der Waals surface area contributed by atoms with Crippen molar-refractivity contribution in [2.45, 2.75) is 75.0 Å². The van der Waals surface area contributed by atoms with Crippen LogP contribution in [0, 0.1) is 0 Å². The van der Waals surface area contributed by atoms with Crippen LogP contribution in [0.3, 0.4) is 0 Å². The fourth-order valence-electron chi connectivity index (χ4n) is 3.96. The Morgan fingerprint density at radius 2 is 2.17 bits per heavy atom. The molecular formula is C21H28N4O3S2. The molecule has 2 aliphatic rings.